The Kier molecular flexibility index (Phi) is 3.33. The molecule has 16 heavy (non-hydrogen) atoms. The molecular weight excluding hydrogens is 220 g/mol. The highest BCUT2D eigenvalue weighted by atomic mass is 32.1. The van der Waals surface area contributed by atoms with Gasteiger partial charge in [-0.2, -0.15) is 0 Å². The van der Waals surface area contributed by atoms with Crippen LogP contribution in [-0.4, -0.2) is 27.5 Å². The quantitative estimate of drug-likeness (QED) is 0.785. The minimum Gasteiger partial charge on any atom is -0.388 e. The molecular formula is C11H16N4S. The first kappa shape index (κ1) is 11.3. The minimum atomic E-state index is 0.330. The molecule has 86 valence electrons. The number of aromatic nitrogens is 2. The largest absolute Gasteiger partial charge is 0.388 e. The van der Waals surface area contributed by atoms with Gasteiger partial charge in [-0.15, -0.1) is 0 Å². The monoisotopic (exact) mass is 236 g/mol. The Balaban J connectivity index is 2.22. The van der Waals surface area contributed by atoms with Gasteiger partial charge in [0.15, 0.2) is 0 Å². The van der Waals surface area contributed by atoms with Crippen LogP contribution in [0.5, 0.6) is 0 Å². The summed E-state index contributed by atoms with van der Waals surface area (Å²) in [7, 11) is 0. The Morgan fingerprint density at radius 2 is 2.38 bits per heavy atom. The molecule has 1 aromatic heterocycles. The fraction of sp³-hybridized carbons (Fsp3) is 0.545. The van der Waals surface area contributed by atoms with Crippen molar-refractivity contribution < 1.29 is 0 Å². The Morgan fingerprint density at radius 3 is 2.94 bits per heavy atom. The maximum atomic E-state index is 5.57. The van der Waals surface area contributed by atoms with E-state index in [2.05, 4.69) is 21.8 Å². The van der Waals surface area contributed by atoms with Crippen LogP contribution in [0.25, 0.3) is 0 Å². The van der Waals surface area contributed by atoms with Crippen LogP contribution in [-0.2, 0) is 0 Å². The predicted octanol–water partition coefficient (Wildman–Crippen LogP) is 1.49. The van der Waals surface area contributed by atoms with Gasteiger partial charge in [-0.05, 0) is 25.3 Å². The number of nitrogens with two attached hydrogens (primary N) is 1. The second kappa shape index (κ2) is 4.74. The molecule has 0 aliphatic heterocycles. The zero-order valence-corrected chi connectivity index (χ0v) is 10.2. The topological polar surface area (TPSA) is 55.0 Å². The van der Waals surface area contributed by atoms with Crippen LogP contribution in [0.1, 0.15) is 31.9 Å². The van der Waals surface area contributed by atoms with E-state index in [0.717, 1.165) is 18.9 Å². The van der Waals surface area contributed by atoms with Gasteiger partial charge in [0.2, 0.25) is 5.95 Å². The van der Waals surface area contributed by atoms with Crippen molar-refractivity contribution in [3.8, 4) is 0 Å². The van der Waals surface area contributed by atoms with Gasteiger partial charge in [0, 0.05) is 18.8 Å². The SMILES string of the molecule is CCCN(c1nccc(C(N)=S)n1)C1CC1. The van der Waals surface area contributed by atoms with Crippen LogP contribution < -0.4 is 10.6 Å². The van der Waals surface area contributed by atoms with Crippen molar-refractivity contribution in [2.45, 2.75) is 32.2 Å². The normalized spacial score (nSPS) is 14.8. The Morgan fingerprint density at radius 1 is 1.62 bits per heavy atom. The second-order valence-electron chi connectivity index (χ2n) is 4.03. The summed E-state index contributed by atoms with van der Waals surface area (Å²) < 4.78 is 0. The molecule has 1 aliphatic carbocycles. The molecule has 0 amide bonds. The summed E-state index contributed by atoms with van der Waals surface area (Å²) in [5.74, 6) is 0.759. The van der Waals surface area contributed by atoms with Gasteiger partial charge in [-0.1, -0.05) is 19.1 Å². The number of hydrogen-bond acceptors (Lipinski definition) is 4. The van der Waals surface area contributed by atoms with Crippen molar-refractivity contribution in [2.24, 2.45) is 5.73 Å². The van der Waals surface area contributed by atoms with Crippen molar-refractivity contribution in [1.82, 2.24) is 9.97 Å². The first-order chi connectivity index (χ1) is 7.72. The molecule has 1 fully saturated rings. The highest BCUT2D eigenvalue weighted by Crippen LogP contribution is 2.29. The summed E-state index contributed by atoms with van der Waals surface area (Å²) in [5.41, 5.74) is 6.23. The van der Waals surface area contributed by atoms with E-state index in [1.807, 2.05) is 0 Å². The van der Waals surface area contributed by atoms with Gasteiger partial charge < -0.3 is 10.6 Å². The molecule has 0 bridgehead atoms. The van der Waals surface area contributed by atoms with Crippen molar-refractivity contribution in [3.05, 3.63) is 18.0 Å². The number of rotatable bonds is 5. The van der Waals surface area contributed by atoms with E-state index in [1.165, 1.54) is 12.8 Å². The predicted molar refractivity (Wildman–Crippen MR) is 68.6 cm³/mol. The van der Waals surface area contributed by atoms with Gasteiger partial charge in [0.25, 0.3) is 0 Å². The van der Waals surface area contributed by atoms with Gasteiger partial charge in [-0.25, -0.2) is 9.97 Å². The summed E-state index contributed by atoms with van der Waals surface area (Å²) >= 11 is 4.92. The first-order valence-electron chi connectivity index (χ1n) is 5.62. The Hall–Kier alpha value is -1.23. The van der Waals surface area contributed by atoms with Gasteiger partial charge >= 0.3 is 0 Å². The standard InChI is InChI=1S/C11H16N4S/c1-2-7-15(8-3-4-8)11-13-6-5-9(14-11)10(12)16/h5-6,8H,2-4,7H2,1H3,(H2,12,16). The average molecular weight is 236 g/mol. The average Bonchev–Trinajstić information content (AvgIpc) is 3.10. The molecule has 0 spiro atoms. The van der Waals surface area contributed by atoms with Gasteiger partial charge in [0.05, 0.1) is 0 Å². The zero-order valence-electron chi connectivity index (χ0n) is 9.39. The van der Waals surface area contributed by atoms with E-state index in [-0.39, 0.29) is 0 Å². The number of thiocarbonyl (C=S) groups is 1. The summed E-state index contributed by atoms with van der Waals surface area (Å²) in [6.45, 7) is 3.15. The van der Waals surface area contributed by atoms with Crippen LogP contribution >= 0.6 is 12.2 Å². The molecule has 5 heteroatoms. The smallest absolute Gasteiger partial charge is 0.226 e. The molecule has 0 unspecified atom stereocenters. The van der Waals surface area contributed by atoms with Gasteiger partial charge in [-0.3, -0.25) is 0 Å². The van der Waals surface area contributed by atoms with E-state index in [9.17, 15) is 0 Å². The van der Waals surface area contributed by atoms with Crippen LogP contribution in [0.15, 0.2) is 12.3 Å². The lowest BCUT2D eigenvalue weighted by Gasteiger charge is -2.21. The highest BCUT2D eigenvalue weighted by Gasteiger charge is 2.30. The van der Waals surface area contributed by atoms with Crippen molar-refractivity contribution in [3.63, 3.8) is 0 Å². The lowest BCUT2D eigenvalue weighted by Crippen LogP contribution is -2.29. The third kappa shape index (κ3) is 2.47. The minimum absolute atomic E-state index is 0.330. The second-order valence-corrected chi connectivity index (χ2v) is 4.47. The lowest BCUT2D eigenvalue weighted by molar-refractivity contribution is 0.734. The van der Waals surface area contributed by atoms with Crippen LogP contribution in [0.4, 0.5) is 5.95 Å². The molecule has 0 atom stereocenters. The van der Waals surface area contributed by atoms with E-state index in [0.29, 0.717) is 16.7 Å². The summed E-state index contributed by atoms with van der Waals surface area (Å²) in [4.78, 5) is 11.3. The number of anilines is 1. The van der Waals surface area contributed by atoms with Crippen LogP contribution in [0.3, 0.4) is 0 Å². The molecule has 2 rings (SSSR count). The number of nitrogens with zero attached hydrogens (tertiary/aromatic N) is 3. The Bertz CT molecular complexity index is 389. The van der Waals surface area contributed by atoms with Crippen molar-refractivity contribution >= 4 is 23.2 Å². The van der Waals surface area contributed by atoms with E-state index in [4.69, 9.17) is 18.0 Å². The molecule has 2 N–H and O–H groups in total. The third-order valence-electron chi connectivity index (χ3n) is 2.60. The van der Waals surface area contributed by atoms with E-state index >= 15 is 0 Å². The van der Waals surface area contributed by atoms with E-state index < -0.39 is 0 Å². The summed E-state index contributed by atoms with van der Waals surface area (Å²) in [6, 6.07) is 2.37. The van der Waals surface area contributed by atoms with Gasteiger partial charge in [0.1, 0.15) is 10.7 Å². The highest BCUT2D eigenvalue weighted by molar-refractivity contribution is 7.80. The molecule has 4 nitrogen and oxygen atoms in total. The fourth-order valence-electron chi connectivity index (χ4n) is 1.70. The molecule has 1 aromatic rings. The lowest BCUT2D eigenvalue weighted by atomic mass is 10.4. The zero-order chi connectivity index (χ0) is 11.5. The first-order valence-corrected chi connectivity index (χ1v) is 6.02. The summed E-state index contributed by atoms with van der Waals surface area (Å²) in [5, 5.41) is 0. The maximum Gasteiger partial charge on any atom is 0.226 e. The molecule has 0 radical (unpaired) electrons. The van der Waals surface area contributed by atoms with E-state index in [1.54, 1.807) is 12.3 Å². The Labute approximate surface area is 101 Å². The van der Waals surface area contributed by atoms with Crippen molar-refractivity contribution in [2.75, 3.05) is 11.4 Å². The maximum absolute atomic E-state index is 5.57. The summed E-state index contributed by atoms with van der Waals surface area (Å²) in [6.07, 6.45) is 5.29. The van der Waals surface area contributed by atoms with Crippen LogP contribution in [0.2, 0.25) is 0 Å². The van der Waals surface area contributed by atoms with Crippen LogP contribution in [0, 0.1) is 0 Å². The number of hydrogen-bond donors (Lipinski definition) is 1. The molecule has 1 aliphatic rings. The molecule has 0 saturated heterocycles. The molecule has 1 heterocycles. The molecule has 1 saturated carbocycles. The fourth-order valence-corrected chi connectivity index (χ4v) is 1.81. The third-order valence-corrected chi connectivity index (χ3v) is 2.81. The van der Waals surface area contributed by atoms with Crippen molar-refractivity contribution in [1.29, 1.82) is 0 Å². The molecule has 0 aromatic carbocycles.